The second-order valence-electron chi connectivity index (χ2n) is 8.80. The number of aliphatic carboxylic acids is 1. The number of amides is 2. The average molecular weight is 437 g/mol. The van der Waals surface area contributed by atoms with Gasteiger partial charge in [0.2, 0.25) is 5.91 Å². The van der Waals surface area contributed by atoms with Crippen LogP contribution in [0.4, 0.5) is 4.79 Å². The van der Waals surface area contributed by atoms with Crippen LogP contribution in [-0.2, 0) is 14.3 Å². The second kappa shape index (κ2) is 9.02. The Hall–Kier alpha value is -3.35. The molecule has 32 heavy (non-hydrogen) atoms. The number of carboxylic acid groups (broad SMARTS) is 1. The number of rotatable bonds is 6. The molecule has 1 fully saturated rings. The Morgan fingerprint density at radius 1 is 1.06 bits per heavy atom. The Labute approximate surface area is 187 Å². The van der Waals surface area contributed by atoms with Crippen LogP contribution in [0.15, 0.2) is 48.5 Å². The smallest absolute Gasteiger partial charge is 0.407 e. The first-order valence-electron chi connectivity index (χ1n) is 11.0. The first kappa shape index (κ1) is 21.9. The fourth-order valence-corrected chi connectivity index (χ4v) is 4.78. The van der Waals surface area contributed by atoms with E-state index in [0.29, 0.717) is 6.54 Å². The van der Waals surface area contributed by atoms with Gasteiger partial charge in [0.05, 0.1) is 5.92 Å². The van der Waals surface area contributed by atoms with Gasteiger partial charge in [-0.15, -0.1) is 0 Å². The third kappa shape index (κ3) is 4.33. The van der Waals surface area contributed by atoms with Crippen molar-refractivity contribution in [3.05, 3.63) is 59.7 Å². The Bertz CT molecular complexity index is 991. The second-order valence-corrected chi connectivity index (χ2v) is 8.80. The third-order valence-corrected chi connectivity index (χ3v) is 6.47. The number of carbonyl (C=O) groups excluding carboxylic acids is 2. The van der Waals surface area contributed by atoms with Crippen LogP contribution in [0.3, 0.4) is 0 Å². The predicted molar refractivity (Wildman–Crippen MR) is 119 cm³/mol. The summed E-state index contributed by atoms with van der Waals surface area (Å²) in [5.41, 5.74) is 4.60. The van der Waals surface area contributed by atoms with Crippen LogP contribution in [0, 0.1) is 11.8 Å². The van der Waals surface area contributed by atoms with Crippen molar-refractivity contribution in [1.29, 1.82) is 0 Å². The van der Waals surface area contributed by atoms with Crippen LogP contribution in [-0.4, -0.2) is 53.7 Å². The van der Waals surface area contributed by atoms with Gasteiger partial charge in [0.1, 0.15) is 6.61 Å². The minimum atomic E-state index is -0.877. The van der Waals surface area contributed by atoms with Gasteiger partial charge >= 0.3 is 12.1 Å². The number of fused-ring (bicyclic) bond motifs is 3. The summed E-state index contributed by atoms with van der Waals surface area (Å²) in [6, 6.07) is 15.8. The van der Waals surface area contributed by atoms with Crippen molar-refractivity contribution in [3.63, 3.8) is 0 Å². The van der Waals surface area contributed by atoms with Crippen molar-refractivity contribution in [3.8, 4) is 11.1 Å². The molecule has 1 saturated heterocycles. The van der Waals surface area contributed by atoms with Gasteiger partial charge in [-0.2, -0.15) is 0 Å². The van der Waals surface area contributed by atoms with Gasteiger partial charge in [-0.25, -0.2) is 4.79 Å². The molecule has 3 atom stereocenters. The quantitative estimate of drug-likeness (QED) is 0.723. The van der Waals surface area contributed by atoms with E-state index in [1.807, 2.05) is 31.2 Å². The zero-order chi connectivity index (χ0) is 22.8. The molecular weight excluding hydrogens is 408 g/mol. The van der Waals surface area contributed by atoms with Gasteiger partial charge in [-0.1, -0.05) is 55.5 Å². The van der Waals surface area contributed by atoms with E-state index in [1.165, 1.54) is 0 Å². The maximum Gasteiger partial charge on any atom is 0.407 e. The maximum atomic E-state index is 12.5. The first-order valence-corrected chi connectivity index (χ1v) is 11.0. The fraction of sp³-hybridized carbons (Fsp3) is 0.400. The average Bonchev–Trinajstić information content (AvgIpc) is 3.30. The Morgan fingerprint density at radius 3 is 2.22 bits per heavy atom. The molecule has 0 bridgehead atoms. The molecular formula is C25H28N2O5. The number of benzene rings is 2. The van der Waals surface area contributed by atoms with Gasteiger partial charge in [-0.3, -0.25) is 9.59 Å². The molecule has 0 spiro atoms. The highest BCUT2D eigenvalue weighted by atomic mass is 16.5. The number of hydrogen-bond acceptors (Lipinski definition) is 4. The van der Waals surface area contributed by atoms with E-state index in [1.54, 1.807) is 11.8 Å². The van der Waals surface area contributed by atoms with E-state index < -0.39 is 24.0 Å². The van der Waals surface area contributed by atoms with Crippen LogP contribution in [0.1, 0.15) is 37.3 Å². The van der Waals surface area contributed by atoms with Crippen LogP contribution in [0.5, 0.6) is 0 Å². The van der Waals surface area contributed by atoms with Gasteiger partial charge in [0.25, 0.3) is 0 Å². The zero-order valence-corrected chi connectivity index (χ0v) is 18.3. The predicted octanol–water partition coefficient (Wildman–Crippen LogP) is 3.48. The number of likely N-dealkylation sites (tertiary alicyclic amines) is 1. The maximum absolute atomic E-state index is 12.5. The molecule has 7 heteroatoms. The standard InChI is InChI=1S/C25H28N2O5/c1-15-12-27(13-21(15)24(29)30)23(28)11-16(2)26-25(31)32-14-22-19-9-5-3-7-17(19)18-8-4-6-10-20(18)22/h3-10,15-16,21-22H,11-14H2,1-2H3,(H,26,31)(H,29,30). The van der Waals surface area contributed by atoms with Gasteiger partial charge in [0.15, 0.2) is 0 Å². The molecule has 7 nitrogen and oxygen atoms in total. The van der Waals surface area contributed by atoms with E-state index in [0.717, 1.165) is 22.3 Å². The van der Waals surface area contributed by atoms with Crippen molar-refractivity contribution >= 4 is 18.0 Å². The normalized spacial score (nSPS) is 20.4. The first-order chi connectivity index (χ1) is 15.3. The molecule has 3 unspecified atom stereocenters. The summed E-state index contributed by atoms with van der Waals surface area (Å²) in [5, 5.41) is 12.0. The SMILES string of the molecule is CC(CC(=O)N1CC(C)C(C(=O)O)C1)NC(=O)OCC1c2ccccc2-c2ccccc21. The van der Waals surface area contributed by atoms with Gasteiger partial charge in [-0.05, 0) is 35.1 Å². The molecule has 2 N–H and O–H groups in total. The zero-order valence-electron chi connectivity index (χ0n) is 18.3. The highest BCUT2D eigenvalue weighted by Crippen LogP contribution is 2.44. The van der Waals surface area contributed by atoms with Crippen molar-refractivity contribution in [2.75, 3.05) is 19.7 Å². The summed E-state index contributed by atoms with van der Waals surface area (Å²) in [5.74, 6) is -1.68. The highest BCUT2D eigenvalue weighted by Gasteiger charge is 2.37. The molecule has 2 aromatic carbocycles. The molecule has 1 aliphatic heterocycles. The highest BCUT2D eigenvalue weighted by molar-refractivity contribution is 5.81. The molecule has 0 radical (unpaired) electrons. The number of alkyl carbamates (subject to hydrolysis) is 1. The van der Waals surface area contributed by atoms with E-state index in [9.17, 15) is 19.5 Å². The lowest BCUT2D eigenvalue weighted by Crippen LogP contribution is -2.39. The number of ether oxygens (including phenoxy) is 1. The van der Waals surface area contributed by atoms with Crippen LogP contribution in [0.25, 0.3) is 11.1 Å². The fourth-order valence-electron chi connectivity index (χ4n) is 4.78. The molecule has 4 rings (SSSR count). The molecule has 1 heterocycles. The summed E-state index contributed by atoms with van der Waals surface area (Å²) in [6.45, 7) is 4.43. The van der Waals surface area contributed by atoms with Crippen molar-refractivity contribution < 1.29 is 24.2 Å². The molecule has 2 aliphatic rings. The summed E-state index contributed by atoms with van der Waals surface area (Å²) < 4.78 is 5.53. The number of carbonyl (C=O) groups is 3. The van der Waals surface area contributed by atoms with E-state index in [2.05, 4.69) is 29.6 Å². The van der Waals surface area contributed by atoms with Crippen LogP contribution >= 0.6 is 0 Å². The van der Waals surface area contributed by atoms with Crippen molar-refractivity contribution in [2.45, 2.75) is 32.2 Å². The van der Waals surface area contributed by atoms with Crippen molar-refractivity contribution in [2.24, 2.45) is 11.8 Å². The number of carboxylic acids is 1. The number of nitrogens with zero attached hydrogens (tertiary/aromatic N) is 1. The number of hydrogen-bond donors (Lipinski definition) is 2. The Morgan fingerprint density at radius 2 is 1.66 bits per heavy atom. The number of nitrogens with one attached hydrogen (secondary N) is 1. The topological polar surface area (TPSA) is 95.9 Å². The summed E-state index contributed by atoms with van der Waals surface area (Å²) in [4.78, 5) is 37.8. The lowest BCUT2D eigenvalue weighted by atomic mass is 9.98. The molecule has 0 saturated carbocycles. The third-order valence-electron chi connectivity index (χ3n) is 6.47. The van der Waals surface area contributed by atoms with E-state index in [4.69, 9.17) is 4.74 Å². The van der Waals surface area contributed by atoms with E-state index in [-0.39, 0.29) is 37.3 Å². The van der Waals surface area contributed by atoms with Gasteiger partial charge in [0, 0.05) is 31.5 Å². The lowest BCUT2D eigenvalue weighted by molar-refractivity contribution is -0.142. The summed E-state index contributed by atoms with van der Waals surface area (Å²) >= 11 is 0. The lowest BCUT2D eigenvalue weighted by Gasteiger charge is -2.20. The molecule has 1 aliphatic carbocycles. The Kier molecular flexibility index (Phi) is 6.17. The molecule has 2 amide bonds. The van der Waals surface area contributed by atoms with Crippen molar-refractivity contribution in [1.82, 2.24) is 10.2 Å². The minimum absolute atomic E-state index is 0.0240. The van der Waals surface area contributed by atoms with Gasteiger partial charge < -0.3 is 20.1 Å². The monoisotopic (exact) mass is 436 g/mol. The Balaban J connectivity index is 1.30. The summed E-state index contributed by atoms with van der Waals surface area (Å²) in [6.07, 6.45) is -0.464. The molecule has 2 aromatic rings. The largest absolute Gasteiger partial charge is 0.481 e. The summed E-state index contributed by atoms with van der Waals surface area (Å²) in [7, 11) is 0. The minimum Gasteiger partial charge on any atom is -0.481 e. The molecule has 0 aromatic heterocycles. The van der Waals surface area contributed by atoms with E-state index >= 15 is 0 Å². The molecule has 168 valence electrons. The van der Waals surface area contributed by atoms with Crippen LogP contribution < -0.4 is 5.32 Å². The van der Waals surface area contributed by atoms with Crippen LogP contribution in [0.2, 0.25) is 0 Å².